The summed E-state index contributed by atoms with van der Waals surface area (Å²) in [6.45, 7) is 0.296. The van der Waals surface area contributed by atoms with Crippen LogP contribution in [0.4, 0.5) is 0 Å². The third-order valence-corrected chi connectivity index (χ3v) is 3.30. The Morgan fingerprint density at radius 2 is 1.68 bits per heavy atom. The maximum atomic E-state index is 5.40. The molecule has 2 aromatic carbocycles. The predicted molar refractivity (Wildman–Crippen MR) is 73.3 cm³/mol. The molecule has 3 heteroatoms. The SMILES string of the molecule is c1ccc2cc(-c3ccc4c(c3)OCO4)ncc2c1. The summed E-state index contributed by atoms with van der Waals surface area (Å²) < 4.78 is 10.7. The maximum Gasteiger partial charge on any atom is 0.231 e. The molecule has 1 aliphatic rings. The molecule has 0 atom stereocenters. The highest BCUT2D eigenvalue weighted by molar-refractivity contribution is 5.85. The molecule has 19 heavy (non-hydrogen) atoms. The smallest absolute Gasteiger partial charge is 0.231 e. The zero-order valence-corrected chi connectivity index (χ0v) is 10.2. The standard InChI is InChI=1S/C16H11NO2/c1-2-4-13-9-17-14(7-11(13)3-1)12-5-6-15-16(8-12)19-10-18-15/h1-9H,10H2. The van der Waals surface area contributed by atoms with Crippen LogP contribution in [0.1, 0.15) is 0 Å². The van der Waals surface area contributed by atoms with E-state index < -0.39 is 0 Å². The van der Waals surface area contributed by atoms with E-state index in [2.05, 4.69) is 23.2 Å². The molecule has 0 unspecified atom stereocenters. The lowest BCUT2D eigenvalue weighted by Gasteiger charge is -2.04. The van der Waals surface area contributed by atoms with E-state index in [1.807, 2.05) is 36.5 Å². The van der Waals surface area contributed by atoms with Crippen molar-refractivity contribution in [1.29, 1.82) is 0 Å². The maximum absolute atomic E-state index is 5.40. The second kappa shape index (κ2) is 3.99. The average molecular weight is 249 g/mol. The molecule has 1 aromatic heterocycles. The summed E-state index contributed by atoms with van der Waals surface area (Å²) in [7, 11) is 0. The van der Waals surface area contributed by atoms with Gasteiger partial charge in [0.05, 0.1) is 5.69 Å². The zero-order chi connectivity index (χ0) is 12.7. The second-order valence-corrected chi connectivity index (χ2v) is 4.48. The first kappa shape index (κ1) is 10.4. The quantitative estimate of drug-likeness (QED) is 0.660. The number of rotatable bonds is 1. The third-order valence-electron chi connectivity index (χ3n) is 3.30. The average Bonchev–Trinajstić information content (AvgIpc) is 2.94. The Bertz CT molecular complexity index is 768. The van der Waals surface area contributed by atoms with Crippen LogP contribution >= 0.6 is 0 Å². The molecule has 0 radical (unpaired) electrons. The van der Waals surface area contributed by atoms with Crippen LogP contribution in [-0.2, 0) is 0 Å². The minimum absolute atomic E-state index is 0.296. The second-order valence-electron chi connectivity index (χ2n) is 4.48. The molecule has 92 valence electrons. The zero-order valence-electron chi connectivity index (χ0n) is 10.2. The fourth-order valence-corrected chi connectivity index (χ4v) is 2.30. The van der Waals surface area contributed by atoms with Crippen molar-refractivity contribution in [3.05, 3.63) is 54.7 Å². The van der Waals surface area contributed by atoms with Crippen molar-refractivity contribution in [2.45, 2.75) is 0 Å². The first-order valence-corrected chi connectivity index (χ1v) is 6.15. The van der Waals surface area contributed by atoms with Crippen LogP contribution in [-0.4, -0.2) is 11.8 Å². The molecule has 0 N–H and O–H groups in total. The number of nitrogens with zero attached hydrogens (tertiary/aromatic N) is 1. The first-order valence-electron chi connectivity index (χ1n) is 6.15. The van der Waals surface area contributed by atoms with Gasteiger partial charge in [0.15, 0.2) is 11.5 Å². The molecule has 0 amide bonds. The molecule has 0 saturated carbocycles. The highest BCUT2D eigenvalue weighted by Gasteiger charge is 2.14. The lowest BCUT2D eigenvalue weighted by Crippen LogP contribution is -1.92. The molecule has 0 saturated heterocycles. The van der Waals surface area contributed by atoms with Crippen molar-refractivity contribution in [2.75, 3.05) is 6.79 Å². The van der Waals surface area contributed by atoms with E-state index >= 15 is 0 Å². The van der Waals surface area contributed by atoms with Crippen LogP contribution in [0, 0.1) is 0 Å². The Morgan fingerprint density at radius 1 is 0.842 bits per heavy atom. The molecular weight excluding hydrogens is 238 g/mol. The van der Waals surface area contributed by atoms with Crippen molar-refractivity contribution in [1.82, 2.24) is 4.98 Å². The Balaban J connectivity index is 1.85. The molecule has 0 bridgehead atoms. The van der Waals surface area contributed by atoms with Crippen LogP contribution in [0.3, 0.4) is 0 Å². The first-order chi connectivity index (χ1) is 9.40. The number of benzene rings is 2. The van der Waals surface area contributed by atoms with Gasteiger partial charge in [0.2, 0.25) is 6.79 Å². The predicted octanol–water partition coefficient (Wildman–Crippen LogP) is 3.63. The van der Waals surface area contributed by atoms with Gasteiger partial charge in [-0.3, -0.25) is 4.98 Å². The lowest BCUT2D eigenvalue weighted by atomic mass is 10.1. The van der Waals surface area contributed by atoms with Gasteiger partial charge < -0.3 is 9.47 Å². The van der Waals surface area contributed by atoms with Gasteiger partial charge in [-0.15, -0.1) is 0 Å². The highest BCUT2D eigenvalue weighted by atomic mass is 16.7. The Hall–Kier alpha value is -2.55. The van der Waals surface area contributed by atoms with Gasteiger partial charge in [-0.05, 0) is 29.7 Å². The number of aromatic nitrogens is 1. The van der Waals surface area contributed by atoms with Crippen molar-refractivity contribution < 1.29 is 9.47 Å². The van der Waals surface area contributed by atoms with Crippen LogP contribution in [0.25, 0.3) is 22.0 Å². The largest absolute Gasteiger partial charge is 0.454 e. The van der Waals surface area contributed by atoms with Crippen LogP contribution in [0.2, 0.25) is 0 Å². The molecule has 1 aliphatic heterocycles. The fourth-order valence-electron chi connectivity index (χ4n) is 2.30. The lowest BCUT2D eigenvalue weighted by molar-refractivity contribution is 0.174. The van der Waals surface area contributed by atoms with E-state index in [0.717, 1.165) is 28.1 Å². The normalized spacial score (nSPS) is 12.8. The molecule has 3 aromatic rings. The van der Waals surface area contributed by atoms with E-state index in [9.17, 15) is 0 Å². The third kappa shape index (κ3) is 1.71. The van der Waals surface area contributed by atoms with Gasteiger partial charge in [-0.2, -0.15) is 0 Å². The summed E-state index contributed by atoms with van der Waals surface area (Å²) >= 11 is 0. The number of hydrogen-bond donors (Lipinski definition) is 0. The summed E-state index contributed by atoms with van der Waals surface area (Å²) in [5.74, 6) is 1.58. The van der Waals surface area contributed by atoms with Gasteiger partial charge in [-0.1, -0.05) is 24.3 Å². The van der Waals surface area contributed by atoms with E-state index in [0.29, 0.717) is 6.79 Å². The molecule has 4 rings (SSSR count). The summed E-state index contributed by atoms with van der Waals surface area (Å²) in [6.07, 6.45) is 1.90. The van der Waals surface area contributed by atoms with Crippen molar-refractivity contribution in [2.24, 2.45) is 0 Å². The molecule has 0 spiro atoms. The molecule has 2 heterocycles. The van der Waals surface area contributed by atoms with Crippen molar-refractivity contribution in [3.8, 4) is 22.8 Å². The molecular formula is C16H11NO2. The Labute approximate surface area is 110 Å². The number of pyridine rings is 1. The van der Waals surface area contributed by atoms with E-state index in [-0.39, 0.29) is 0 Å². The number of hydrogen-bond acceptors (Lipinski definition) is 3. The van der Waals surface area contributed by atoms with Gasteiger partial charge in [-0.25, -0.2) is 0 Å². The van der Waals surface area contributed by atoms with Crippen LogP contribution < -0.4 is 9.47 Å². The van der Waals surface area contributed by atoms with Crippen LogP contribution in [0.15, 0.2) is 54.7 Å². The van der Waals surface area contributed by atoms with Crippen molar-refractivity contribution in [3.63, 3.8) is 0 Å². The minimum Gasteiger partial charge on any atom is -0.454 e. The van der Waals surface area contributed by atoms with Gasteiger partial charge >= 0.3 is 0 Å². The summed E-state index contributed by atoms with van der Waals surface area (Å²) in [6, 6.07) is 16.2. The van der Waals surface area contributed by atoms with Crippen LogP contribution in [0.5, 0.6) is 11.5 Å². The van der Waals surface area contributed by atoms with Gasteiger partial charge in [0.25, 0.3) is 0 Å². The minimum atomic E-state index is 0.296. The van der Waals surface area contributed by atoms with E-state index in [1.165, 1.54) is 5.39 Å². The molecule has 0 fully saturated rings. The summed E-state index contributed by atoms with van der Waals surface area (Å²) in [5.41, 5.74) is 1.98. The fraction of sp³-hybridized carbons (Fsp3) is 0.0625. The van der Waals surface area contributed by atoms with E-state index in [1.54, 1.807) is 0 Å². The van der Waals surface area contributed by atoms with Gasteiger partial charge in [0, 0.05) is 17.1 Å². The topological polar surface area (TPSA) is 31.4 Å². The van der Waals surface area contributed by atoms with Crippen molar-refractivity contribution >= 4 is 10.8 Å². The molecule has 3 nitrogen and oxygen atoms in total. The summed E-state index contributed by atoms with van der Waals surface area (Å²) in [5, 5.41) is 2.33. The Kier molecular flexibility index (Phi) is 2.18. The monoisotopic (exact) mass is 249 g/mol. The summed E-state index contributed by atoms with van der Waals surface area (Å²) in [4.78, 5) is 4.51. The van der Waals surface area contributed by atoms with Gasteiger partial charge in [0.1, 0.15) is 0 Å². The Morgan fingerprint density at radius 3 is 2.63 bits per heavy atom. The molecule has 0 aliphatic carbocycles. The van der Waals surface area contributed by atoms with E-state index in [4.69, 9.17) is 9.47 Å². The number of ether oxygens (including phenoxy) is 2. The highest BCUT2D eigenvalue weighted by Crippen LogP contribution is 2.35. The number of fused-ring (bicyclic) bond motifs is 2.